The molecule has 2 N–H and O–H groups in total. The summed E-state index contributed by atoms with van der Waals surface area (Å²) in [6.45, 7) is 2.60. The summed E-state index contributed by atoms with van der Waals surface area (Å²) in [5.41, 5.74) is 6.47. The van der Waals surface area contributed by atoms with Crippen molar-refractivity contribution in [2.45, 2.75) is 19.4 Å². The first-order valence-electron chi connectivity index (χ1n) is 6.43. The van der Waals surface area contributed by atoms with E-state index in [0.29, 0.717) is 12.2 Å². The molecule has 1 atom stereocenters. The summed E-state index contributed by atoms with van der Waals surface area (Å²) in [5, 5.41) is 0. The lowest BCUT2D eigenvalue weighted by Gasteiger charge is -2.28. The maximum Gasteiger partial charge on any atom is 0.146 e. The molecule has 0 aliphatic rings. The normalized spacial score (nSPS) is 12.4. The fourth-order valence-electron chi connectivity index (χ4n) is 2.13. The molecule has 19 heavy (non-hydrogen) atoms. The van der Waals surface area contributed by atoms with Crippen LogP contribution in [0.1, 0.15) is 22.7 Å². The zero-order chi connectivity index (χ0) is 13.8. The third-order valence-corrected chi connectivity index (χ3v) is 4.61. The van der Waals surface area contributed by atoms with Crippen molar-refractivity contribution in [1.82, 2.24) is 0 Å². The second-order valence-electron chi connectivity index (χ2n) is 4.47. The van der Waals surface area contributed by atoms with Gasteiger partial charge in [-0.05, 0) is 30.7 Å². The van der Waals surface area contributed by atoms with Gasteiger partial charge in [-0.2, -0.15) is 0 Å². The molecule has 1 heterocycles. The SMILES string of the molecule is CCc1ccc(C(CN)N(C)c2ccccc2F)s1. The molecule has 1 aromatic carbocycles. The molecule has 0 amide bonds. The number of rotatable bonds is 5. The van der Waals surface area contributed by atoms with Gasteiger partial charge in [0.15, 0.2) is 0 Å². The lowest BCUT2D eigenvalue weighted by Crippen LogP contribution is -2.30. The lowest BCUT2D eigenvalue weighted by molar-refractivity contribution is 0.605. The summed E-state index contributed by atoms with van der Waals surface area (Å²) in [6.07, 6.45) is 1.02. The van der Waals surface area contributed by atoms with Gasteiger partial charge in [0.2, 0.25) is 0 Å². The number of aryl methyl sites for hydroxylation is 1. The highest BCUT2D eigenvalue weighted by Gasteiger charge is 2.19. The van der Waals surface area contributed by atoms with Crippen molar-refractivity contribution in [1.29, 1.82) is 0 Å². The number of hydrogen-bond acceptors (Lipinski definition) is 3. The van der Waals surface area contributed by atoms with Crippen LogP contribution >= 0.6 is 11.3 Å². The smallest absolute Gasteiger partial charge is 0.146 e. The highest BCUT2D eigenvalue weighted by molar-refractivity contribution is 7.12. The van der Waals surface area contributed by atoms with E-state index in [-0.39, 0.29) is 11.9 Å². The summed E-state index contributed by atoms with van der Waals surface area (Å²) in [6, 6.07) is 11.0. The first-order chi connectivity index (χ1) is 9.17. The van der Waals surface area contributed by atoms with Crippen LogP contribution in [0.4, 0.5) is 10.1 Å². The molecule has 0 aliphatic heterocycles. The van der Waals surface area contributed by atoms with Gasteiger partial charge < -0.3 is 10.6 Å². The number of thiophene rings is 1. The van der Waals surface area contributed by atoms with Crippen molar-refractivity contribution < 1.29 is 4.39 Å². The maximum absolute atomic E-state index is 13.8. The van der Waals surface area contributed by atoms with Gasteiger partial charge >= 0.3 is 0 Å². The average molecular weight is 278 g/mol. The zero-order valence-electron chi connectivity index (χ0n) is 11.3. The molecule has 2 rings (SSSR count). The quantitative estimate of drug-likeness (QED) is 0.905. The molecule has 2 aromatic rings. The molecule has 0 spiro atoms. The largest absolute Gasteiger partial charge is 0.363 e. The third-order valence-electron chi connectivity index (χ3n) is 3.28. The fraction of sp³-hybridized carbons (Fsp3) is 0.333. The van der Waals surface area contributed by atoms with E-state index in [4.69, 9.17) is 5.73 Å². The van der Waals surface area contributed by atoms with Gasteiger partial charge in [-0.15, -0.1) is 11.3 Å². The number of hydrogen-bond donors (Lipinski definition) is 1. The van der Waals surface area contributed by atoms with Crippen LogP contribution in [0.3, 0.4) is 0 Å². The highest BCUT2D eigenvalue weighted by Crippen LogP contribution is 2.31. The molecule has 1 aromatic heterocycles. The Morgan fingerprint density at radius 2 is 2.00 bits per heavy atom. The standard InChI is InChI=1S/C15H19FN2S/c1-3-11-8-9-15(19-11)14(10-17)18(2)13-7-5-4-6-12(13)16/h4-9,14H,3,10,17H2,1-2H3. The van der Waals surface area contributed by atoms with Gasteiger partial charge in [-0.3, -0.25) is 0 Å². The van der Waals surface area contributed by atoms with Crippen LogP contribution in [-0.2, 0) is 6.42 Å². The van der Waals surface area contributed by atoms with Gasteiger partial charge in [0.25, 0.3) is 0 Å². The summed E-state index contributed by atoms with van der Waals surface area (Å²) < 4.78 is 13.8. The van der Waals surface area contributed by atoms with Gasteiger partial charge in [-0.1, -0.05) is 19.1 Å². The van der Waals surface area contributed by atoms with Crippen LogP contribution in [0.2, 0.25) is 0 Å². The van der Waals surface area contributed by atoms with Crippen LogP contribution < -0.4 is 10.6 Å². The van der Waals surface area contributed by atoms with E-state index < -0.39 is 0 Å². The van der Waals surface area contributed by atoms with Gasteiger partial charge in [0.05, 0.1) is 11.7 Å². The van der Waals surface area contributed by atoms with Crippen LogP contribution in [0.25, 0.3) is 0 Å². The van der Waals surface area contributed by atoms with Crippen LogP contribution in [-0.4, -0.2) is 13.6 Å². The Labute approximate surface area is 117 Å². The summed E-state index contributed by atoms with van der Waals surface area (Å²) in [5.74, 6) is -0.212. The molecular weight excluding hydrogens is 259 g/mol. The predicted octanol–water partition coefficient (Wildman–Crippen LogP) is 3.59. The number of para-hydroxylation sites is 1. The predicted molar refractivity (Wildman–Crippen MR) is 80.3 cm³/mol. The first kappa shape index (κ1) is 14.0. The summed E-state index contributed by atoms with van der Waals surface area (Å²) >= 11 is 1.75. The minimum absolute atomic E-state index is 0.0159. The summed E-state index contributed by atoms with van der Waals surface area (Å²) in [7, 11) is 1.89. The lowest BCUT2D eigenvalue weighted by atomic mass is 10.2. The number of benzene rings is 1. The molecule has 1 unspecified atom stereocenters. The van der Waals surface area contributed by atoms with Crippen molar-refractivity contribution >= 4 is 17.0 Å². The molecular formula is C15H19FN2S. The van der Waals surface area contributed by atoms with Crippen molar-refractivity contribution in [3.63, 3.8) is 0 Å². The number of likely N-dealkylation sites (N-methyl/N-ethyl adjacent to an activating group) is 1. The Bertz CT molecular complexity index is 538. The Morgan fingerprint density at radius 3 is 2.58 bits per heavy atom. The highest BCUT2D eigenvalue weighted by atomic mass is 32.1. The number of nitrogens with zero attached hydrogens (tertiary/aromatic N) is 1. The average Bonchev–Trinajstić information content (AvgIpc) is 2.88. The second-order valence-corrected chi connectivity index (χ2v) is 5.67. The fourth-order valence-corrected chi connectivity index (χ4v) is 3.24. The van der Waals surface area contributed by atoms with E-state index in [1.807, 2.05) is 18.0 Å². The molecule has 0 fully saturated rings. The van der Waals surface area contributed by atoms with Crippen molar-refractivity contribution in [2.24, 2.45) is 5.73 Å². The molecule has 0 radical (unpaired) electrons. The Kier molecular flexibility index (Phi) is 4.56. The van der Waals surface area contributed by atoms with Crippen LogP contribution in [0, 0.1) is 5.82 Å². The topological polar surface area (TPSA) is 29.3 Å². The molecule has 102 valence electrons. The Hall–Kier alpha value is -1.39. The van der Waals surface area contributed by atoms with Crippen LogP contribution in [0.5, 0.6) is 0 Å². The molecule has 2 nitrogen and oxygen atoms in total. The van der Waals surface area contributed by atoms with Crippen molar-refractivity contribution in [3.8, 4) is 0 Å². The van der Waals surface area contributed by atoms with Crippen molar-refractivity contribution in [3.05, 3.63) is 52.0 Å². The van der Waals surface area contributed by atoms with Crippen LogP contribution in [0.15, 0.2) is 36.4 Å². The van der Waals surface area contributed by atoms with E-state index in [9.17, 15) is 4.39 Å². The zero-order valence-corrected chi connectivity index (χ0v) is 12.1. The van der Waals surface area contributed by atoms with Gasteiger partial charge in [-0.25, -0.2) is 4.39 Å². The maximum atomic E-state index is 13.8. The second kappa shape index (κ2) is 6.17. The Balaban J connectivity index is 2.29. The molecule has 0 saturated heterocycles. The number of halogens is 1. The monoisotopic (exact) mass is 278 g/mol. The molecule has 0 bridgehead atoms. The molecule has 0 saturated carbocycles. The number of anilines is 1. The van der Waals surface area contributed by atoms with E-state index in [0.717, 1.165) is 6.42 Å². The molecule has 0 aliphatic carbocycles. The first-order valence-corrected chi connectivity index (χ1v) is 7.25. The van der Waals surface area contributed by atoms with E-state index in [2.05, 4.69) is 19.1 Å². The molecule has 4 heteroatoms. The van der Waals surface area contributed by atoms with E-state index in [1.54, 1.807) is 23.5 Å². The van der Waals surface area contributed by atoms with Gasteiger partial charge in [0.1, 0.15) is 5.82 Å². The third kappa shape index (κ3) is 2.96. The summed E-state index contributed by atoms with van der Waals surface area (Å²) in [4.78, 5) is 4.43. The van der Waals surface area contributed by atoms with Gasteiger partial charge in [0, 0.05) is 23.3 Å². The minimum Gasteiger partial charge on any atom is -0.363 e. The Morgan fingerprint density at radius 1 is 1.26 bits per heavy atom. The minimum atomic E-state index is -0.212. The van der Waals surface area contributed by atoms with Crippen molar-refractivity contribution in [2.75, 3.05) is 18.5 Å². The van der Waals surface area contributed by atoms with E-state index in [1.165, 1.54) is 15.8 Å². The number of nitrogens with two attached hydrogens (primary N) is 1. The van der Waals surface area contributed by atoms with E-state index >= 15 is 0 Å².